The van der Waals surface area contributed by atoms with Crippen LogP contribution < -0.4 is 9.47 Å². The topological polar surface area (TPSA) is 36.9 Å². The van der Waals surface area contributed by atoms with Crippen LogP contribution in [0.4, 0.5) is 0 Å². The van der Waals surface area contributed by atoms with Crippen LogP contribution in [0.1, 0.15) is 23.6 Å². The third kappa shape index (κ3) is 5.12. The summed E-state index contributed by atoms with van der Waals surface area (Å²) in [5.74, 6) is 0.506. The Hall–Kier alpha value is -2.82. The Labute approximate surface area is 166 Å². The van der Waals surface area contributed by atoms with Crippen LogP contribution in [-0.2, 0) is 28.5 Å². The van der Waals surface area contributed by atoms with Crippen LogP contribution in [0.15, 0.2) is 78.9 Å². The first kappa shape index (κ1) is 19.9. The largest absolute Gasteiger partial charge is 0.489 e. The van der Waals surface area contributed by atoms with Gasteiger partial charge in [0.15, 0.2) is 5.79 Å². The van der Waals surface area contributed by atoms with Crippen molar-refractivity contribution in [2.45, 2.75) is 25.9 Å². The molecular weight excluding hydrogens is 352 g/mol. The summed E-state index contributed by atoms with van der Waals surface area (Å²) in [6.07, 6.45) is 0. The normalized spacial score (nSPS) is 11.2. The summed E-state index contributed by atoms with van der Waals surface area (Å²) in [6, 6.07) is 25.8. The van der Waals surface area contributed by atoms with Gasteiger partial charge in [0.05, 0.1) is 0 Å². The van der Waals surface area contributed by atoms with Gasteiger partial charge in [0, 0.05) is 25.8 Å². The predicted octanol–water partition coefficient (Wildman–Crippen LogP) is 5.31. The van der Waals surface area contributed by atoms with Gasteiger partial charge in [-0.25, -0.2) is 0 Å². The lowest BCUT2D eigenvalue weighted by Gasteiger charge is -2.27. The number of methoxy groups -OCH3 is 2. The van der Waals surface area contributed by atoms with Crippen molar-refractivity contribution in [3.8, 4) is 11.5 Å². The SMILES string of the molecule is COC(C)(OC)c1cc(OCc2ccccc2)cc(OCc2ccccc2)c1. The second-order valence-corrected chi connectivity index (χ2v) is 6.60. The Morgan fingerprint density at radius 3 is 1.46 bits per heavy atom. The third-order valence-corrected chi connectivity index (χ3v) is 4.68. The van der Waals surface area contributed by atoms with E-state index in [-0.39, 0.29) is 0 Å². The van der Waals surface area contributed by atoms with Crippen LogP contribution in [-0.4, -0.2) is 14.2 Å². The number of benzene rings is 3. The molecule has 3 rings (SSSR count). The van der Waals surface area contributed by atoms with Crippen molar-refractivity contribution in [2.24, 2.45) is 0 Å². The quantitative estimate of drug-likeness (QED) is 0.473. The predicted molar refractivity (Wildman–Crippen MR) is 109 cm³/mol. The highest BCUT2D eigenvalue weighted by Gasteiger charge is 2.27. The summed E-state index contributed by atoms with van der Waals surface area (Å²) in [6.45, 7) is 2.81. The van der Waals surface area contributed by atoms with E-state index in [2.05, 4.69) is 0 Å². The minimum Gasteiger partial charge on any atom is -0.489 e. The fraction of sp³-hybridized carbons (Fsp3) is 0.250. The van der Waals surface area contributed by atoms with Crippen molar-refractivity contribution in [2.75, 3.05) is 14.2 Å². The average molecular weight is 378 g/mol. The zero-order valence-electron chi connectivity index (χ0n) is 16.6. The average Bonchev–Trinajstić information content (AvgIpc) is 2.77. The first-order valence-electron chi connectivity index (χ1n) is 9.22. The van der Waals surface area contributed by atoms with E-state index in [1.54, 1.807) is 14.2 Å². The van der Waals surface area contributed by atoms with E-state index in [0.29, 0.717) is 24.7 Å². The van der Waals surface area contributed by atoms with Crippen LogP contribution >= 0.6 is 0 Å². The van der Waals surface area contributed by atoms with Crippen molar-refractivity contribution < 1.29 is 18.9 Å². The molecule has 0 N–H and O–H groups in total. The maximum atomic E-state index is 6.02. The van der Waals surface area contributed by atoms with E-state index in [1.165, 1.54) is 0 Å². The van der Waals surface area contributed by atoms with Crippen molar-refractivity contribution in [3.05, 3.63) is 95.6 Å². The van der Waals surface area contributed by atoms with Crippen LogP contribution in [0.3, 0.4) is 0 Å². The van der Waals surface area contributed by atoms with E-state index in [0.717, 1.165) is 16.7 Å². The summed E-state index contributed by atoms with van der Waals surface area (Å²) in [5.41, 5.74) is 3.02. The number of ether oxygens (including phenoxy) is 4. The molecule has 0 saturated carbocycles. The van der Waals surface area contributed by atoms with Crippen molar-refractivity contribution >= 4 is 0 Å². The molecule has 0 fully saturated rings. The maximum Gasteiger partial charge on any atom is 0.191 e. The van der Waals surface area contributed by atoms with E-state index >= 15 is 0 Å². The molecule has 0 bridgehead atoms. The number of rotatable bonds is 9. The molecule has 0 atom stereocenters. The lowest BCUT2D eigenvalue weighted by molar-refractivity contribution is -0.202. The Morgan fingerprint density at radius 1 is 0.643 bits per heavy atom. The summed E-state index contributed by atoms with van der Waals surface area (Å²) in [4.78, 5) is 0. The molecule has 4 heteroatoms. The van der Waals surface area contributed by atoms with Gasteiger partial charge in [-0.1, -0.05) is 60.7 Å². The fourth-order valence-electron chi connectivity index (χ4n) is 2.80. The smallest absolute Gasteiger partial charge is 0.191 e. The lowest BCUT2D eigenvalue weighted by atomic mass is 10.1. The monoisotopic (exact) mass is 378 g/mol. The van der Waals surface area contributed by atoms with Gasteiger partial charge in [-0.05, 0) is 30.2 Å². The highest BCUT2D eigenvalue weighted by Crippen LogP contribution is 2.33. The second kappa shape index (κ2) is 9.40. The van der Waals surface area contributed by atoms with Gasteiger partial charge in [0.2, 0.25) is 0 Å². The van der Waals surface area contributed by atoms with Gasteiger partial charge in [-0.15, -0.1) is 0 Å². The molecule has 0 heterocycles. The van der Waals surface area contributed by atoms with Gasteiger partial charge in [0.1, 0.15) is 24.7 Å². The molecule has 0 aliphatic carbocycles. The minimum absolute atomic E-state index is 0.471. The van der Waals surface area contributed by atoms with Gasteiger partial charge >= 0.3 is 0 Å². The van der Waals surface area contributed by atoms with Crippen LogP contribution in [0.25, 0.3) is 0 Å². The number of hydrogen-bond acceptors (Lipinski definition) is 4. The summed E-state index contributed by atoms with van der Waals surface area (Å²) in [5, 5.41) is 0. The Morgan fingerprint density at radius 2 is 1.07 bits per heavy atom. The Bertz CT molecular complexity index is 797. The number of hydrogen-bond donors (Lipinski definition) is 0. The molecule has 3 aromatic carbocycles. The van der Waals surface area contributed by atoms with E-state index in [4.69, 9.17) is 18.9 Å². The van der Waals surface area contributed by atoms with Crippen molar-refractivity contribution in [1.82, 2.24) is 0 Å². The minimum atomic E-state index is -0.892. The van der Waals surface area contributed by atoms with E-state index in [9.17, 15) is 0 Å². The van der Waals surface area contributed by atoms with Gasteiger partial charge in [0.25, 0.3) is 0 Å². The van der Waals surface area contributed by atoms with Gasteiger partial charge in [-0.3, -0.25) is 0 Å². The van der Waals surface area contributed by atoms with E-state index < -0.39 is 5.79 Å². The molecule has 146 valence electrons. The van der Waals surface area contributed by atoms with Crippen LogP contribution in [0.2, 0.25) is 0 Å². The van der Waals surface area contributed by atoms with Crippen LogP contribution in [0.5, 0.6) is 11.5 Å². The summed E-state index contributed by atoms with van der Waals surface area (Å²) in [7, 11) is 3.23. The highest BCUT2D eigenvalue weighted by atomic mass is 16.7. The molecular formula is C24H26O4. The standard InChI is InChI=1S/C24H26O4/c1-24(25-2,26-3)21-14-22(27-17-19-10-6-4-7-11-19)16-23(15-21)28-18-20-12-8-5-9-13-20/h4-16H,17-18H2,1-3H3. The molecule has 0 aliphatic rings. The molecule has 0 spiro atoms. The Kier molecular flexibility index (Phi) is 6.69. The molecule has 0 unspecified atom stereocenters. The molecule has 0 aliphatic heterocycles. The molecule has 0 saturated heterocycles. The van der Waals surface area contributed by atoms with Gasteiger partial charge in [-0.2, -0.15) is 0 Å². The first-order chi connectivity index (χ1) is 13.6. The molecule has 28 heavy (non-hydrogen) atoms. The maximum absolute atomic E-state index is 6.02. The Balaban J connectivity index is 1.83. The molecule has 4 nitrogen and oxygen atoms in total. The first-order valence-corrected chi connectivity index (χ1v) is 9.22. The zero-order valence-corrected chi connectivity index (χ0v) is 16.6. The molecule has 0 amide bonds. The van der Waals surface area contributed by atoms with E-state index in [1.807, 2.05) is 85.8 Å². The fourth-order valence-corrected chi connectivity index (χ4v) is 2.80. The summed E-state index contributed by atoms with van der Waals surface area (Å²) >= 11 is 0. The molecule has 0 aromatic heterocycles. The zero-order chi connectivity index (χ0) is 19.8. The highest BCUT2D eigenvalue weighted by molar-refractivity contribution is 5.40. The summed E-state index contributed by atoms with van der Waals surface area (Å²) < 4.78 is 23.2. The van der Waals surface area contributed by atoms with Crippen LogP contribution in [0, 0.1) is 0 Å². The van der Waals surface area contributed by atoms with Gasteiger partial charge < -0.3 is 18.9 Å². The third-order valence-electron chi connectivity index (χ3n) is 4.68. The van der Waals surface area contributed by atoms with Crippen molar-refractivity contribution in [1.29, 1.82) is 0 Å². The van der Waals surface area contributed by atoms with Crippen molar-refractivity contribution in [3.63, 3.8) is 0 Å². The second-order valence-electron chi connectivity index (χ2n) is 6.60. The lowest BCUT2D eigenvalue weighted by Crippen LogP contribution is -2.26. The molecule has 3 aromatic rings. The molecule has 0 radical (unpaired) electrons.